The van der Waals surface area contributed by atoms with Crippen LogP contribution in [0.5, 0.6) is 5.75 Å². The van der Waals surface area contributed by atoms with Gasteiger partial charge in [0.2, 0.25) is 0 Å². The lowest BCUT2D eigenvalue weighted by Crippen LogP contribution is -2.34. The molecular formula is C22H25N5O3S. The molecule has 8 nitrogen and oxygen atoms in total. The lowest BCUT2D eigenvalue weighted by Gasteiger charge is -2.11. The molecule has 0 saturated heterocycles. The van der Waals surface area contributed by atoms with E-state index in [2.05, 4.69) is 16.6 Å². The smallest absolute Gasteiger partial charge is 0.270 e. The van der Waals surface area contributed by atoms with Gasteiger partial charge >= 0.3 is 0 Å². The Kier molecular flexibility index (Phi) is 8.89. The van der Waals surface area contributed by atoms with E-state index < -0.39 is 5.91 Å². The Morgan fingerprint density at radius 2 is 2.06 bits per heavy atom. The summed E-state index contributed by atoms with van der Waals surface area (Å²) in [5, 5.41) is 15.0. The molecule has 0 spiro atoms. The normalized spacial score (nSPS) is 12.1. The highest BCUT2D eigenvalue weighted by atomic mass is 32.1. The second-order valence-corrected chi connectivity index (χ2v) is 7.69. The zero-order chi connectivity index (χ0) is 22.8. The molecule has 162 valence electrons. The molecule has 31 heavy (non-hydrogen) atoms. The molecule has 0 radical (unpaired) electrons. The van der Waals surface area contributed by atoms with Gasteiger partial charge in [-0.3, -0.25) is 14.2 Å². The van der Waals surface area contributed by atoms with Gasteiger partial charge in [-0.15, -0.1) is 17.8 Å². The number of nitrogens with one attached hydrogen (secondary N) is 2. The summed E-state index contributed by atoms with van der Waals surface area (Å²) in [6.45, 7) is 3.51. The first-order valence-corrected chi connectivity index (χ1v) is 10.4. The van der Waals surface area contributed by atoms with Crippen molar-refractivity contribution in [2.24, 2.45) is 0 Å². The maximum atomic E-state index is 12.7. The largest absolute Gasteiger partial charge is 0.492 e. The second kappa shape index (κ2) is 11.6. The highest BCUT2D eigenvalue weighted by Crippen LogP contribution is 2.15. The number of carbonyl (C=O) groups is 1. The molecule has 0 bridgehead atoms. The summed E-state index contributed by atoms with van der Waals surface area (Å²) in [7, 11) is 3.96. The maximum absolute atomic E-state index is 12.7. The van der Waals surface area contributed by atoms with Gasteiger partial charge in [-0.05, 0) is 45.3 Å². The monoisotopic (exact) mass is 439 g/mol. The van der Waals surface area contributed by atoms with E-state index in [1.54, 1.807) is 13.1 Å². The third-order valence-electron chi connectivity index (χ3n) is 4.16. The number of aromatic nitrogens is 1. The molecule has 1 heterocycles. The number of anilines is 1. The number of rotatable bonds is 9. The SMILES string of the molecule is C#CCNC(=O)/C(C#N)=c1\sc(=CNc2ccc(OCCN(C)C)cc2)c(=O)n1CC. The molecule has 0 atom stereocenters. The zero-order valence-electron chi connectivity index (χ0n) is 17.8. The zero-order valence-corrected chi connectivity index (χ0v) is 18.6. The molecular weight excluding hydrogens is 414 g/mol. The predicted molar refractivity (Wildman–Crippen MR) is 123 cm³/mol. The van der Waals surface area contributed by atoms with Crippen molar-refractivity contribution in [2.75, 3.05) is 39.1 Å². The van der Waals surface area contributed by atoms with E-state index in [1.807, 2.05) is 49.3 Å². The first-order valence-electron chi connectivity index (χ1n) is 9.61. The minimum absolute atomic E-state index is 0.00113. The van der Waals surface area contributed by atoms with Gasteiger partial charge in [0, 0.05) is 25.0 Å². The number of likely N-dealkylation sites (N-methyl/N-ethyl adjacent to an activating group) is 1. The van der Waals surface area contributed by atoms with E-state index in [9.17, 15) is 14.9 Å². The minimum atomic E-state index is -0.603. The number of nitrogens with zero attached hydrogens (tertiary/aromatic N) is 3. The van der Waals surface area contributed by atoms with Crippen molar-refractivity contribution in [3.05, 3.63) is 43.8 Å². The molecule has 0 saturated carbocycles. The van der Waals surface area contributed by atoms with Crippen LogP contribution in [0.1, 0.15) is 6.92 Å². The van der Waals surface area contributed by atoms with E-state index in [0.717, 1.165) is 29.3 Å². The number of benzene rings is 1. The second-order valence-electron chi connectivity index (χ2n) is 6.66. The average molecular weight is 440 g/mol. The molecule has 0 unspecified atom stereocenters. The summed E-state index contributed by atoms with van der Waals surface area (Å²) < 4.78 is 7.73. The molecule has 1 aromatic heterocycles. The third-order valence-corrected chi connectivity index (χ3v) is 5.29. The molecule has 1 aromatic carbocycles. The Morgan fingerprint density at radius 3 is 2.65 bits per heavy atom. The lowest BCUT2D eigenvalue weighted by atomic mass is 10.3. The van der Waals surface area contributed by atoms with Crippen LogP contribution in [0, 0.1) is 23.7 Å². The van der Waals surface area contributed by atoms with Crippen molar-refractivity contribution in [1.82, 2.24) is 14.8 Å². The van der Waals surface area contributed by atoms with Gasteiger partial charge in [0.15, 0.2) is 5.57 Å². The van der Waals surface area contributed by atoms with Crippen molar-refractivity contribution in [3.63, 3.8) is 0 Å². The van der Waals surface area contributed by atoms with Crippen LogP contribution in [0.2, 0.25) is 0 Å². The highest BCUT2D eigenvalue weighted by molar-refractivity contribution is 7.07. The molecule has 0 aliphatic rings. The van der Waals surface area contributed by atoms with Gasteiger partial charge in [0.25, 0.3) is 11.5 Å². The first kappa shape index (κ1) is 23.7. The number of hydrogen-bond donors (Lipinski definition) is 2. The fourth-order valence-electron chi connectivity index (χ4n) is 2.55. The quantitative estimate of drug-likeness (QED) is 0.540. The molecule has 9 heteroatoms. The van der Waals surface area contributed by atoms with Crippen molar-refractivity contribution < 1.29 is 9.53 Å². The van der Waals surface area contributed by atoms with Crippen molar-refractivity contribution >= 4 is 34.7 Å². The summed E-state index contributed by atoms with van der Waals surface area (Å²) in [5.74, 6) is 2.44. The fraction of sp³-hybridized carbons (Fsp3) is 0.318. The highest BCUT2D eigenvalue weighted by Gasteiger charge is 2.14. The number of thiazole rings is 1. The van der Waals surface area contributed by atoms with Crippen LogP contribution in [0.15, 0.2) is 29.1 Å². The number of ether oxygens (including phenoxy) is 1. The van der Waals surface area contributed by atoms with Gasteiger partial charge in [-0.2, -0.15) is 5.26 Å². The Hall–Kier alpha value is -3.53. The number of terminal acetylenes is 1. The Labute approximate surface area is 185 Å². The first-order chi connectivity index (χ1) is 14.9. The van der Waals surface area contributed by atoms with Gasteiger partial charge < -0.3 is 20.3 Å². The molecule has 0 aliphatic carbocycles. The van der Waals surface area contributed by atoms with Crippen molar-refractivity contribution in [2.45, 2.75) is 13.5 Å². The number of amides is 1. The average Bonchev–Trinajstić information content (AvgIpc) is 3.07. The standard InChI is InChI=1S/C22H25N5O3S/c1-5-11-24-20(28)18(14-23)22-27(6-2)21(29)19(31-22)15-25-16-7-9-17(10-8-16)30-13-12-26(3)4/h1,7-10,15,25H,6,11-13H2,2-4H3,(H,24,28)/b19-15?,22-18-. The van der Waals surface area contributed by atoms with E-state index in [4.69, 9.17) is 11.2 Å². The van der Waals surface area contributed by atoms with Gasteiger partial charge in [0.05, 0.1) is 6.54 Å². The van der Waals surface area contributed by atoms with Gasteiger partial charge in [-0.25, -0.2) is 0 Å². The summed E-state index contributed by atoms with van der Waals surface area (Å²) in [6, 6.07) is 9.25. The van der Waals surface area contributed by atoms with Crippen LogP contribution < -0.4 is 30.1 Å². The number of nitriles is 1. The molecule has 0 fully saturated rings. The van der Waals surface area contributed by atoms with E-state index >= 15 is 0 Å². The number of carbonyl (C=O) groups excluding carboxylic acids is 1. The van der Waals surface area contributed by atoms with Crippen LogP contribution in [-0.2, 0) is 11.3 Å². The predicted octanol–water partition coefficient (Wildman–Crippen LogP) is 0.144. The lowest BCUT2D eigenvalue weighted by molar-refractivity contribution is -0.115. The third kappa shape index (κ3) is 6.48. The van der Waals surface area contributed by atoms with Gasteiger partial charge in [-0.1, -0.05) is 5.92 Å². The molecule has 2 rings (SSSR count). The molecule has 2 N–H and O–H groups in total. The molecule has 2 aromatic rings. The molecule has 1 amide bonds. The number of hydrogen-bond acceptors (Lipinski definition) is 7. The van der Waals surface area contributed by atoms with Crippen LogP contribution in [0.4, 0.5) is 5.69 Å². The molecule has 0 aliphatic heterocycles. The Balaban J connectivity index is 2.29. The van der Waals surface area contributed by atoms with Gasteiger partial charge in [0.1, 0.15) is 27.6 Å². The van der Waals surface area contributed by atoms with Crippen LogP contribution >= 0.6 is 11.3 Å². The van der Waals surface area contributed by atoms with Crippen LogP contribution in [-0.4, -0.2) is 49.2 Å². The van der Waals surface area contributed by atoms with Crippen LogP contribution in [0.3, 0.4) is 0 Å². The van der Waals surface area contributed by atoms with E-state index in [-0.39, 0.29) is 17.7 Å². The fourth-order valence-corrected chi connectivity index (χ4v) is 3.64. The van der Waals surface area contributed by atoms with Crippen molar-refractivity contribution in [3.8, 4) is 24.2 Å². The van der Waals surface area contributed by atoms with Crippen molar-refractivity contribution in [1.29, 1.82) is 5.26 Å². The van der Waals surface area contributed by atoms with E-state index in [1.165, 1.54) is 4.57 Å². The van der Waals surface area contributed by atoms with E-state index in [0.29, 0.717) is 22.3 Å². The summed E-state index contributed by atoms with van der Waals surface area (Å²) in [4.78, 5) is 27.0. The Morgan fingerprint density at radius 1 is 1.35 bits per heavy atom. The summed E-state index contributed by atoms with van der Waals surface area (Å²) >= 11 is 1.07. The summed E-state index contributed by atoms with van der Waals surface area (Å²) in [6.07, 6.45) is 6.72. The summed E-state index contributed by atoms with van der Waals surface area (Å²) in [5.41, 5.74) is 0.350. The van der Waals surface area contributed by atoms with Crippen LogP contribution in [0.25, 0.3) is 11.8 Å². The minimum Gasteiger partial charge on any atom is -0.492 e. The topological polar surface area (TPSA) is 99.4 Å². The maximum Gasteiger partial charge on any atom is 0.270 e. The Bertz CT molecular complexity index is 1160.